The third-order valence-electron chi connectivity index (χ3n) is 3.21. The number of ether oxygens (including phenoxy) is 1. The lowest BCUT2D eigenvalue weighted by Gasteiger charge is -2.08. The summed E-state index contributed by atoms with van der Waals surface area (Å²) in [5.41, 5.74) is 0.725. The number of carbonyl (C=O) groups excluding carboxylic acids is 3. The molecule has 0 aromatic heterocycles. The minimum absolute atomic E-state index is 0.225. The Bertz CT molecular complexity index is 927. The number of rotatable bonds is 3. The number of hydrogen-bond donors (Lipinski definition) is 1. The topological polar surface area (TPSA) is 72.5 Å². The number of benzene rings is 2. The number of nitrogens with one attached hydrogen (secondary N) is 1. The fourth-order valence-electron chi connectivity index (χ4n) is 2.04. The molecule has 8 heteroatoms. The molecule has 2 aromatic rings. The van der Waals surface area contributed by atoms with E-state index in [1.54, 1.807) is 24.3 Å². The Kier molecular flexibility index (Phi) is 5.13. The van der Waals surface area contributed by atoms with Crippen molar-refractivity contribution in [2.24, 2.45) is 0 Å². The molecule has 1 fully saturated rings. The van der Waals surface area contributed by atoms with Crippen LogP contribution in [0.3, 0.4) is 0 Å². The number of hydrogen-bond acceptors (Lipinski definition) is 5. The van der Waals surface area contributed by atoms with Crippen molar-refractivity contribution in [2.45, 2.75) is 0 Å². The molecular formula is C17H9Cl2NO4S. The maximum Gasteiger partial charge on any atom is 0.343 e. The van der Waals surface area contributed by atoms with E-state index in [0.717, 1.165) is 11.8 Å². The van der Waals surface area contributed by atoms with Gasteiger partial charge in [0.05, 0.1) is 20.5 Å². The van der Waals surface area contributed by atoms with Gasteiger partial charge in [0.25, 0.3) is 11.1 Å². The normalized spacial score (nSPS) is 15.4. The van der Waals surface area contributed by atoms with Crippen molar-refractivity contribution >= 4 is 58.2 Å². The molecular weight excluding hydrogens is 385 g/mol. The van der Waals surface area contributed by atoms with Crippen molar-refractivity contribution in [3.05, 3.63) is 68.5 Å². The summed E-state index contributed by atoms with van der Waals surface area (Å²) in [5, 5.41) is 2.29. The molecule has 1 aliphatic heterocycles. The monoisotopic (exact) mass is 393 g/mol. The summed E-state index contributed by atoms with van der Waals surface area (Å²) in [6.45, 7) is 0. The van der Waals surface area contributed by atoms with Crippen molar-refractivity contribution < 1.29 is 19.1 Å². The summed E-state index contributed by atoms with van der Waals surface area (Å²) >= 11 is 12.5. The fourth-order valence-corrected chi connectivity index (χ4v) is 3.01. The van der Waals surface area contributed by atoms with Crippen LogP contribution < -0.4 is 10.1 Å². The highest BCUT2D eigenvalue weighted by molar-refractivity contribution is 8.18. The van der Waals surface area contributed by atoms with E-state index < -0.39 is 17.1 Å². The van der Waals surface area contributed by atoms with Gasteiger partial charge in [-0.3, -0.25) is 14.9 Å². The van der Waals surface area contributed by atoms with Crippen molar-refractivity contribution in [1.82, 2.24) is 5.32 Å². The lowest BCUT2D eigenvalue weighted by Crippen LogP contribution is -2.17. The van der Waals surface area contributed by atoms with Gasteiger partial charge in [-0.15, -0.1) is 0 Å². The Morgan fingerprint density at radius 2 is 1.84 bits per heavy atom. The van der Waals surface area contributed by atoms with E-state index in [9.17, 15) is 14.4 Å². The first-order valence-corrected chi connectivity index (χ1v) is 8.52. The molecule has 3 rings (SSSR count). The number of thioether (sulfide) groups is 1. The van der Waals surface area contributed by atoms with Crippen LogP contribution in [-0.4, -0.2) is 17.1 Å². The molecule has 5 nitrogen and oxygen atoms in total. The Morgan fingerprint density at radius 3 is 2.52 bits per heavy atom. The number of imide groups is 1. The molecule has 126 valence electrons. The summed E-state index contributed by atoms with van der Waals surface area (Å²) in [4.78, 5) is 35.4. The van der Waals surface area contributed by atoms with E-state index in [0.29, 0.717) is 10.6 Å². The highest BCUT2D eigenvalue weighted by Crippen LogP contribution is 2.30. The molecule has 0 spiro atoms. The van der Waals surface area contributed by atoms with Crippen LogP contribution in [-0.2, 0) is 4.79 Å². The number of halogens is 2. The predicted octanol–water partition coefficient (Wildman–Crippen LogP) is 4.54. The quantitative estimate of drug-likeness (QED) is 0.470. The Balaban J connectivity index is 1.87. The zero-order valence-electron chi connectivity index (χ0n) is 12.4. The molecule has 0 saturated carbocycles. The second-order valence-corrected chi connectivity index (χ2v) is 6.74. The van der Waals surface area contributed by atoms with Gasteiger partial charge >= 0.3 is 5.97 Å². The zero-order chi connectivity index (χ0) is 18.0. The number of para-hydroxylation sites is 1. The van der Waals surface area contributed by atoms with Crippen molar-refractivity contribution in [1.29, 1.82) is 0 Å². The van der Waals surface area contributed by atoms with Crippen LogP contribution in [0, 0.1) is 0 Å². The van der Waals surface area contributed by atoms with Gasteiger partial charge in [0, 0.05) is 5.56 Å². The maximum absolute atomic E-state index is 12.3. The largest absolute Gasteiger partial charge is 0.422 e. The average molecular weight is 394 g/mol. The van der Waals surface area contributed by atoms with E-state index in [4.69, 9.17) is 27.9 Å². The fraction of sp³-hybridized carbons (Fsp3) is 0. The first-order valence-electron chi connectivity index (χ1n) is 6.95. The Hall–Kier alpha value is -2.28. The van der Waals surface area contributed by atoms with Gasteiger partial charge in [-0.05, 0) is 42.1 Å². The second kappa shape index (κ2) is 7.31. The maximum atomic E-state index is 12.3. The number of amides is 2. The molecule has 1 heterocycles. The van der Waals surface area contributed by atoms with Gasteiger partial charge in [-0.25, -0.2) is 4.79 Å². The number of carbonyl (C=O) groups is 3. The molecule has 25 heavy (non-hydrogen) atoms. The van der Waals surface area contributed by atoms with Crippen LogP contribution in [0.1, 0.15) is 15.9 Å². The van der Waals surface area contributed by atoms with Gasteiger partial charge in [0.1, 0.15) is 5.75 Å². The van der Waals surface area contributed by atoms with Crippen LogP contribution in [0.25, 0.3) is 6.08 Å². The van der Waals surface area contributed by atoms with Crippen LogP contribution >= 0.6 is 35.0 Å². The molecule has 0 aliphatic carbocycles. The molecule has 1 N–H and O–H groups in total. The minimum atomic E-state index is -0.621. The lowest BCUT2D eigenvalue weighted by atomic mass is 10.1. The summed E-state index contributed by atoms with van der Waals surface area (Å²) in [7, 11) is 0. The Morgan fingerprint density at radius 1 is 1.08 bits per heavy atom. The third-order valence-corrected chi connectivity index (χ3v) is 4.76. The lowest BCUT2D eigenvalue weighted by molar-refractivity contribution is -0.115. The highest BCUT2D eigenvalue weighted by Gasteiger charge is 2.25. The van der Waals surface area contributed by atoms with E-state index in [-0.39, 0.29) is 21.2 Å². The third kappa shape index (κ3) is 4.04. The summed E-state index contributed by atoms with van der Waals surface area (Å²) in [5.74, 6) is -0.858. The van der Waals surface area contributed by atoms with Crippen molar-refractivity contribution in [3.63, 3.8) is 0 Å². The van der Waals surface area contributed by atoms with Crippen LogP contribution in [0.5, 0.6) is 5.75 Å². The molecule has 1 aliphatic rings. The number of esters is 1. The van der Waals surface area contributed by atoms with E-state index >= 15 is 0 Å². The molecule has 0 atom stereocenters. The summed E-state index contributed by atoms with van der Waals surface area (Å²) < 4.78 is 5.39. The molecule has 0 bridgehead atoms. The standard InChI is InChI=1S/C17H9Cl2NO4S/c18-11-6-5-10(7-12(11)19)16(22)24-13-4-2-1-3-9(13)8-14-15(21)20-17(23)25-14/h1-8H,(H,20,21,23). The van der Waals surface area contributed by atoms with Gasteiger partial charge < -0.3 is 4.74 Å². The second-order valence-electron chi connectivity index (χ2n) is 4.91. The van der Waals surface area contributed by atoms with Gasteiger partial charge in [0.2, 0.25) is 0 Å². The van der Waals surface area contributed by atoms with Gasteiger partial charge in [-0.2, -0.15) is 0 Å². The molecule has 1 saturated heterocycles. The average Bonchev–Trinajstić information content (AvgIpc) is 2.89. The molecule has 2 amide bonds. The predicted molar refractivity (Wildman–Crippen MR) is 97.0 cm³/mol. The van der Waals surface area contributed by atoms with Gasteiger partial charge in [0.15, 0.2) is 0 Å². The van der Waals surface area contributed by atoms with Crippen LogP contribution in [0.4, 0.5) is 4.79 Å². The SMILES string of the molecule is O=C1NC(=O)C(=Cc2ccccc2OC(=O)c2ccc(Cl)c(Cl)c2)S1. The van der Waals surface area contributed by atoms with Crippen LogP contribution in [0.2, 0.25) is 10.0 Å². The van der Waals surface area contributed by atoms with E-state index in [1.807, 2.05) is 0 Å². The molecule has 0 unspecified atom stereocenters. The first-order chi connectivity index (χ1) is 11.9. The van der Waals surface area contributed by atoms with Gasteiger partial charge in [-0.1, -0.05) is 41.4 Å². The van der Waals surface area contributed by atoms with E-state index in [2.05, 4.69) is 5.32 Å². The minimum Gasteiger partial charge on any atom is -0.422 e. The summed E-state index contributed by atoms with van der Waals surface area (Å²) in [6.07, 6.45) is 1.49. The zero-order valence-corrected chi connectivity index (χ0v) is 14.7. The molecule has 0 radical (unpaired) electrons. The first kappa shape index (κ1) is 17.5. The van der Waals surface area contributed by atoms with Crippen LogP contribution in [0.15, 0.2) is 47.4 Å². The summed E-state index contributed by atoms with van der Waals surface area (Å²) in [6, 6.07) is 11.1. The smallest absolute Gasteiger partial charge is 0.343 e. The molecule has 2 aromatic carbocycles. The van der Waals surface area contributed by atoms with Crippen molar-refractivity contribution in [3.8, 4) is 5.75 Å². The van der Waals surface area contributed by atoms with Crippen molar-refractivity contribution in [2.75, 3.05) is 0 Å². The highest BCUT2D eigenvalue weighted by atomic mass is 35.5. The van der Waals surface area contributed by atoms with E-state index in [1.165, 1.54) is 24.3 Å². The Labute approximate surface area is 156 Å².